The Kier molecular flexibility index (Phi) is 6.24. The lowest BCUT2D eigenvalue weighted by molar-refractivity contribution is -0.145. The summed E-state index contributed by atoms with van der Waals surface area (Å²) in [5.41, 5.74) is 1.46. The summed E-state index contributed by atoms with van der Waals surface area (Å²) in [6.45, 7) is 1.78. The van der Waals surface area contributed by atoms with Gasteiger partial charge in [-0.15, -0.1) is 11.3 Å². The predicted molar refractivity (Wildman–Crippen MR) is 116 cm³/mol. The van der Waals surface area contributed by atoms with Crippen molar-refractivity contribution in [3.63, 3.8) is 0 Å². The number of fused-ring (bicyclic) bond motifs is 1. The molecule has 4 rings (SSSR count). The quantitative estimate of drug-likeness (QED) is 0.362. The van der Waals surface area contributed by atoms with Crippen molar-refractivity contribution in [3.8, 4) is 34.8 Å². The minimum atomic E-state index is -0.664. The van der Waals surface area contributed by atoms with Crippen LogP contribution in [0.2, 0.25) is 0 Å². The Balaban J connectivity index is 1.66. The highest BCUT2D eigenvalue weighted by Gasteiger charge is 2.15. The lowest BCUT2D eigenvalue weighted by Crippen LogP contribution is -2.14. The van der Waals surface area contributed by atoms with Crippen LogP contribution in [0.25, 0.3) is 21.6 Å². The summed E-state index contributed by atoms with van der Waals surface area (Å²) in [7, 11) is 0. The smallest absolute Gasteiger partial charge is 0.344 e. The summed E-state index contributed by atoms with van der Waals surface area (Å²) >= 11 is 1.37. The molecule has 2 aromatic carbocycles. The normalized spacial score (nSPS) is 10.5. The molecule has 0 unspecified atom stereocenters. The van der Waals surface area contributed by atoms with Crippen LogP contribution in [0.1, 0.15) is 12.5 Å². The Morgan fingerprint density at radius 2 is 2.06 bits per heavy atom. The number of nitrogens with zero attached hydrogens (tertiary/aromatic N) is 3. The Labute approximate surface area is 186 Å². The van der Waals surface area contributed by atoms with E-state index in [1.807, 2.05) is 17.5 Å². The van der Waals surface area contributed by atoms with Gasteiger partial charge in [0.15, 0.2) is 24.0 Å². The van der Waals surface area contributed by atoms with Crippen molar-refractivity contribution < 1.29 is 23.4 Å². The van der Waals surface area contributed by atoms with E-state index in [0.717, 1.165) is 6.07 Å². The summed E-state index contributed by atoms with van der Waals surface area (Å²) in [5, 5.41) is 10.8. The van der Waals surface area contributed by atoms with Crippen molar-refractivity contribution in [2.24, 2.45) is 0 Å². The monoisotopic (exact) mass is 449 g/mol. The zero-order valence-electron chi connectivity index (χ0n) is 16.9. The maximum absolute atomic E-state index is 14.4. The SMILES string of the molecule is CCOC(=O)COc1cccc(-c2nc(Oc3ccc(C#N)cc3F)c3sccc3n2)c1. The van der Waals surface area contributed by atoms with E-state index < -0.39 is 11.8 Å². The van der Waals surface area contributed by atoms with E-state index in [1.165, 1.54) is 23.5 Å². The highest BCUT2D eigenvalue weighted by atomic mass is 32.1. The number of hydrogen-bond donors (Lipinski definition) is 0. The number of carbonyl (C=O) groups is 1. The van der Waals surface area contributed by atoms with Gasteiger partial charge in [0, 0.05) is 5.56 Å². The van der Waals surface area contributed by atoms with Crippen molar-refractivity contribution in [1.82, 2.24) is 9.97 Å². The molecule has 0 aliphatic carbocycles. The summed E-state index contributed by atoms with van der Waals surface area (Å²) in [6.07, 6.45) is 0. The van der Waals surface area contributed by atoms with E-state index in [1.54, 1.807) is 31.2 Å². The highest BCUT2D eigenvalue weighted by Crippen LogP contribution is 2.35. The topological polar surface area (TPSA) is 94.3 Å². The second kappa shape index (κ2) is 9.41. The van der Waals surface area contributed by atoms with Crippen LogP contribution < -0.4 is 9.47 Å². The first-order valence-corrected chi connectivity index (χ1v) is 10.5. The van der Waals surface area contributed by atoms with Gasteiger partial charge in [-0.05, 0) is 48.7 Å². The molecule has 0 N–H and O–H groups in total. The molecule has 7 nitrogen and oxygen atoms in total. The van der Waals surface area contributed by atoms with Gasteiger partial charge in [0.25, 0.3) is 0 Å². The van der Waals surface area contributed by atoms with Crippen LogP contribution in [-0.4, -0.2) is 29.2 Å². The molecule has 0 saturated carbocycles. The number of ether oxygens (including phenoxy) is 3. The summed E-state index contributed by atoms with van der Waals surface area (Å²) in [5.74, 6) is -0.180. The van der Waals surface area contributed by atoms with Crippen molar-refractivity contribution in [2.45, 2.75) is 6.92 Å². The van der Waals surface area contributed by atoms with Gasteiger partial charge >= 0.3 is 5.97 Å². The van der Waals surface area contributed by atoms with E-state index in [0.29, 0.717) is 27.4 Å². The summed E-state index contributed by atoms with van der Waals surface area (Å²) in [4.78, 5) is 20.6. The maximum Gasteiger partial charge on any atom is 0.344 e. The molecule has 9 heteroatoms. The lowest BCUT2D eigenvalue weighted by atomic mass is 10.2. The molecule has 2 aromatic heterocycles. The molecule has 0 aliphatic rings. The van der Waals surface area contributed by atoms with E-state index in [2.05, 4.69) is 9.97 Å². The van der Waals surface area contributed by atoms with Crippen LogP contribution in [0.3, 0.4) is 0 Å². The average Bonchev–Trinajstić information content (AvgIpc) is 3.28. The van der Waals surface area contributed by atoms with Gasteiger partial charge in [-0.2, -0.15) is 10.2 Å². The van der Waals surface area contributed by atoms with Crippen LogP contribution in [0.5, 0.6) is 17.4 Å². The molecule has 0 radical (unpaired) electrons. The fourth-order valence-corrected chi connectivity index (χ4v) is 3.62. The zero-order valence-corrected chi connectivity index (χ0v) is 17.7. The number of halogens is 1. The third-order valence-corrected chi connectivity index (χ3v) is 5.19. The molecule has 0 saturated heterocycles. The Morgan fingerprint density at radius 1 is 1.19 bits per heavy atom. The second-order valence-corrected chi connectivity index (χ2v) is 7.38. The number of benzene rings is 2. The van der Waals surface area contributed by atoms with Crippen LogP contribution in [-0.2, 0) is 9.53 Å². The van der Waals surface area contributed by atoms with E-state index in [-0.39, 0.29) is 30.4 Å². The van der Waals surface area contributed by atoms with Gasteiger partial charge in [-0.1, -0.05) is 12.1 Å². The lowest BCUT2D eigenvalue weighted by Gasteiger charge is -2.10. The zero-order chi connectivity index (χ0) is 22.5. The molecule has 0 aliphatic heterocycles. The fraction of sp³-hybridized carbons (Fsp3) is 0.130. The number of esters is 1. The van der Waals surface area contributed by atoms with Crippen LogP contribution in [0, 0.1) is 17.1 Å². The number of aromatic nitrogens is 2. The van der Waals surface area contributed by atoms with Gasteiger partial charge < -0.3 is 14.2 Å². The standard InChI is InChI=1S/C23H16FN3O4S/c1-2-29-20(28)13-30-16-5-3-4-15(11-16)22-26-18-8-9-32-21(18)23(27-22)31-19-7-6-14(12-25)10-17(19)24/h3-11H,2,13H2,1H3. The van der Waals surface area contributed by atoms with Crippen molar-refractivity contribution >= 4 is 27.5 Å². The second-order valence-electron chi connectivity index (χ2n) is 6.47. The van der Waals surface area contributed by atoms with E-state index >= 15 is 0 Å². The molecule has 4 aromatic rings. The molecular formula is C23H16FN3O4S. The molecule has 32 heavy (non-hydrogen) atoms. The van der Waals surface area contributed by atoms with Crippen LogP contribution in [0.15, 0.2) is 53.9 Å². The first-order valence-electron chi connectivity index (χ1n) is 9.59. The van der Waals surface area contributed by atoms with E-state index in [4.69, 9.17) is 19.5 Å². The molecule has 0 amide bonds. The van der Waals surface area contributed by atoms with Crippen molar-refractivity contribution in [1.29, 1.82) is 5.26 Å². The number of rotatable bonds is 7. The largest absolute Gasteiger partial charge is 0.482 e. The van der Waals surface area contributed by atoms with Crippen LogP contribution in [0.4, 0.5) is 4.39 Å². The van der Waals surface area contributed by atoms with Crippen molar-refractivity contribution in [3.05, 3.63) is 65.3 Å². The number of nitriles is 1. The highest BCUT2D eigenvalue weighted by molar-refractivity contribution is 7.17. The van der Waals surface area contributed by atoms with Gasteiger partial charge in [0.2, 0.25) is 5.88 Å². The predicted octanol–water partition coefficient (Wildman–Crippen LogP) is 5.10. The van der Waals surface area contributed by atoms with Crippen molar-refractivity contribution in [2.75, 3.05) is 13.2 Å². The first kappa shape index (κ1) is 21.2. The third-order valence-electron chi connectivity index (χ3n) is 4.29. The van der Waals surface area contributed by atoms with Gasteiger partial charge in [-0.3, -0.25) is 0 Å². The third kappa shape index (κ3) is 4.66. The molecule has 160 valence electrons. The first-order chi connectivity index (χ1) is 15.6. The number of thiophene rings is 1. The minimum Gasteiger partial charge on any atom is -0.482 e. The molecular weight excluding hydrogens is 433 g/mol. The number of hydrogen-bond acceptors (Lipinski definition) is 8. The maximum atomic E-state index is 14.4. The van der Waals surface area contributed by atoms with Gasteiger partial charge in [0.1, 0.15) is 10.4 Å². The molecule has 0 atom stereocenters. The molecule has 0 spiro atoms. The minimum absolute atomic E-state index is 0.0464. The number of carbonyl (C=O) groups excluding carboxylic acids is 1. The van der Waals surface area contributed by atoms with Gasteiger partial charge in [0.05, 0.1) is 23.8 Å². The van der Waals surface area contributed by atoms with Crippen LogP contribution >= 0.6 is 11.3 Å². The molecule has 2 heterocycles. The summed E-state index contributed by atoms with van der Waals surface area (Å²) in [6, 6.07) is 14.6. The fourth-order valence-electron chi connectivity index (χ4n) is 2.86. The molecule has 0 fully saturated rings. The average molecular weight is 449 g/mol. The Morgan fingerprint density at radius 3 is 2.84 bits per heavy atom. The van der Waals surface area contributed by atoms with Gasteiger partial charge in [-0.25, -0.2) is 14.2 Å². The Hall–Kier alpha value is -4.03. The Bertz CT molecular complexity index is 1330. The van der Waals surface area contributed by atoms with E-state index in [9.17, 15) is 9.18 Å². The molecule has 0 bridgehead atoms. The summed E-state index contributed by atoms with van der Waals surface area (Å²) < 4.78 is 31.1.